The van der Waals surface area contributed by atoms with Crippen LogP contribution in [0.25, 0.3) is 0 Å². The van der Waals surface area contributed by atoms with Gasteiger partial charge in [-0.05, 0) is 6.42 Å². The minimum absolute atomic E-state index is 0.0758. The first-order valence-corrected chi connectivity index (χ1v) is 9.58. The molecule has 0 amide bonds. The number of ether oxygens (including phenoxy) is 4. The van der Waals surface area contributed by atoms with Crippen molar-refractivity contribution in [1.29, 1.82) is 0 Å². The Bertz CT molecular complexity index is 319. The number of esters is 2. The van der Waals surface area contributed by atoms with E-state index < -0.39 is 5.97 Å². The third-order valence-corrected chi connectivity index (χ3v) is 3.79. The molecule has 25 heavy (non-hydrogen) atoms. The Morgan fingerprint density at radius 1 is 0.680 bits per heavy atom. The zero-order chi connectivity index (χ0) is 18.6. The Morgan fingerprint density at radius 2 is 1.24 bits per heavy atom. The highest BCUT2D eigenvalue weighted by Crippen LogP contribution is 2.10. The molecule has 148 valence electrons. The number of unbranched alkanes of at least 4 members (excludes halogenated alkanes) is 8. The summed E-state index contributed by atoms with van der Waals surface area (Å²) in [5.41, 5.74) is 0. The van der Waals surface area contributed by atoms with Crippen molar-refractivity contribution in [2.75, 3.05) is 40.1 Å². The summed E-state index contributed by atoms with van der Waals surface area (Å²) in [6.07, 6.45) is 11.6. The van der Waals surface area contributed by atoms with Gasteiger partial charge in [-0.1, -0.05) is 58.3 Å². The Balaban J connectivity index is 3.19. The highest BCUT2D eigenvalue weighted by molar-refractivity contribution is 5.70. The predicted molar refractivity (Wildman–Crippen MR) is 96.5 cm³/mol. The predicted octanol–water partition coefficient (Wildman–Crippen LogP) is 3.66. The molecule has 0 aliphatic carbocycles. The summed E-state index contributed by atoms with van der Waals surface area (Å²) in [5.74, 6) is -0.570. The topological polar surface area (TPSA) is 71.1 Å². The number of carbonyl (C=O) groups is 2. The van der Waals surface area contributed by atoms with Crippen LogP contribution in [0.15, 0.2) is 0 Å². The largest absolute Gasteiger partial charge is 0.467 e. The second kappa shape index (κ2) is 19.2. The number of carbonyl (C=O) groups excluding carboxylic acids is 2. The fourth-order valence-electron chi connectivity index (χ4n) is 2.30. The minimum atomic E-state index is -0.412. The van der Waals surface area contributed by atoms with E-state index in [0.29, 0.717) is 26.2 Å². The zero-order valence-electron chi connectivity index (χ0n) is 16.1. The van der Waals surface area contributed by atoms with Crippen LogP contribution < -0.4 is 0 Å². The highest BCUT2D eigenvalue weighted by atomic mass is 16.6. The van der Waals surface area contributed by atoms with Gasteiger partial charge in [0.2, 0.25) is 0 Å². The molecule has 0 N–H and O–H groups in total. The molecule has 6 heteroatoms. The maximum absolute atomic E-state index is 11.5. The van der Waals surface area contributed by atoms with Gasteiger partial charge in [0, 0.05) is 6.42 Å². The van der Waals surface area contributed by atoms with E-state index in [9.17, 15) is 9.59 Å². The number of hydrogen-bond acceptors (Lipinski definition) is 6. The van der Waals surface area contributed by atoms with Gasteiger partial charge in [-0.25, -0.2) is 4.79 Å². The van der Waals surface area contributed by atoms with Crippen LogP contribution in [0, 0.1) is 0 Å². The van der Waals surface area contributed by atoms with Crippen LogP contribution in [0.4, 0.5) is 0 Å². The Morgan fingerprint density at radius 3 is 1.88 bits per heavy atom. The van der Waals surface area contributed by atoms with E-state index in [1.54, 1.807) is 0 Å². The summed E-state index contributed by atoms with van der Waals surface area (Å²) < 4.78 is 19.8. The van der Waals surface area contributed by atoms with Gasteiger partial charge in [0.05, 0.1) is 26.9 Å². The van der Waals surface area contributed by atoms with Crippen molar-refractivity contribution in [2.24, 2.45) is 0 Å². The van der Waals surface area contributed by atoms with Crippen LogP contribution in [0.2, 0.25) is 0 Å². The summed E-state index contributed by atoms with van der Waals surface area (Å²) in [5, 5.41) is 0. The van der Waals surface area contributed by atoms with Crippen LogP contribution in [0.5, 0.6) is 0 Å². The summed E-state index contributed by atoms with van der Waals surface area (Å²) in [6, 6.07) is 0. The van der Waals surface area contributed by atoms with Gasteiger partial charge in [-0.2, -0.15) is 0 Å². The molecule has 0 rings (SSSR count). The summed E-state index contributed by atoms with van der Waals surface area (Å²) in [6.45, 7) is 3.41. The first kappa shape index (κ1) is 23.9. The van der Waals surface area contributed by atoms with Crippen molar-refractivity contribution < 1.29 is 28.5 Å². The normalized spacial score (nSPS) is 10.6. The van der Waals surface area contributed by atoms with Crippen molar-refractivity contribution in [3.05, 3.63) is 0 Å². The van der Waals surface area contributed by atoms with Gasteiger partial charge in [-0.15, -0.1) is 0 Å². The van der Waals surface area contributed by atoms with Gasteiger partial charge >= 0.3 is 11.9 Å². The van der Waals surface area contributed by atoms with Crippen molar-refractivity contribution in [1.82, 2.24) is 0 Å². The molecule has 0 atom stereocenters. The molecule has 0 unspecified atom stereocenters. The van der Waals surface area contributed by atoms with Crippen LogP contribution in [0.1, 0.15) is 71.1 Å². The van der Waals surface area contributed by atoms with Gasteiger partial charge in [0.1, 0.15) is 13.2 Å². The summed E-state index contributed by atoms with van der Waals surface area (Å²) in [4.78, 5) is 22.3. The lowest BCUT2D eigenvalue weighted by atomic mass is 10.1. The molecular weight excluding hydrogens is 324 g/mol. The molecule has 0 heterocycles. The molecule has 0 saturated heterocycles. The Labute approximate surface area is 152 Å². The first-order valence-electron chi connectivity index (χ1n) is 9.58. The average molecular weight is 360 g/mol. The molecule has 0 aromatic rings. The number of methoxy groups -OCH3 is 1. The van der Waals surface area contributed by atoms with Gasteiger partial charge in [0.25, 0.3) is 0 Å². The SMILES string of the molecule is CCCCCCCCCCCC(=O)OCCOCCOCC(=O)OC. The third-order valence-electron chi connectivity index (χ3n) is 3.79. The van der Waals surface area contributed by atoms with E-state index in [1.807, 2.05) is 0 Å². The summed E-state index contributed by atoms with van der Waals surface area (Å²) >= 11 is 0. The smallest absolute Gasteiger partial charge is 0.331 e. The van der Waals surface area contributed by atoms with E-state index in [1.165, 1.54) is 52.1 Å². The molecule has 0 aromatic carbocycles. The van der Waals surface area contributed by atoms with Crippen LogP contribution in [-0.2, 0) is 28.5 Å². The monoisotopic (exact) mass is 360 g/mol. The van der Waals surface area contributed by atoms with E-state index in [4.69, 9.17) is 14.2 Å². The van der Waals surface area contributed by atoms with Crippen LogP contribution >= 0.6 is 0 Å². The number of hydrogen-bond donors (Lipinski definition) is 0. The molecule has 0 spiro atoms. The fraction of sp³-hybridized carbons (Fsp3) is 0.895. The van der Waals surface area contributed by atoms with Crippen molar-refractivity contribution in [3.8, 4) is 0 Å². The van der Waals surface area contributed by atoms with E-state index in [2.05, 4.69) is 11.7 Å². The third kappa shape index (κ3) is 19.0. The molecule has 6 nitrogen and oxygen atoms in total. The highest BCUT2D eigenvalue weighted by Gasteiger charge is 2.03. The lowest BCUT2D eigenvalue weighted by molar-refractivity contribution is -0.148. The van der Waals surface area contributed by atoms with Crippen molar-refractivity contribution in [3.63, 3.8) is 0 Å². The number of rotatable bonds is 18. The van der Waals surface area contributed by atoms with Crippen molar-refractivity contribution in [2.45, 2.75) is 71.1 Å². The van der Waals surface area contributed by atoms with Crippen LogP contribution in [-0.4, -0.2) is 52.1 Å². The quantitative estimate of drug-likeness (QED) is 0.274. The van der Waals surface area contributed by atoms with Gasteiger partial charge in [0.15, 0.2) is 0 Å². The Kier molecular flexibility index (Phi) is 18.3. The molecular formula is C19H36O6. The average Bonchev–Trinajstić information content (AvgIpc) is 2.62. The standard InChI is InChI=1S/C19H36O6/c1-3-4-5-6-7-8-9-10-11-12-18(20)25-16-15-23-13-14-24-17-19(21)22-2/h3-17H2,1-2H3. The van der Waals surface area contributed by atoms with Gasteiger partial charge < -0.3 is 18.9 Å². The lowest BCUT2D eigenvalue weighted by Crippen LogP contribution is -2.15. The molecule has 0 aliphatic rings. The lowest BCUT2D eigenvalue weighted by Gasteiger charge is -2.07. The second-order valence-corrected chi connectivity index (χ2v) is 6.04. The van der Waals surface area contributed by atoms with Gasteiger partial charge in [-0.3, -0.25) is 4.79 Å². The maximum Gasteiger partial charge on any atom is 0.331 e. The fourth-order valence-corrected chi connectivity index (χ4v) is 2.30. The maximum atomic E-state index is 11.5. The zero-order valence-corrected chi connectivity index (χ0v) is 16.1. The molecule has 0 aromatic heterocycles. The van der Waals surface area contributed by atoms with E-state index >= 15 is 0 Å². The molecule has 0 aliphatic heterocycles. The van der Waals surface area contributed by atoms with E-state index in [0.717, 1.165) is 12.8 Å². The minimum Gasteiger partial charge on any atom is -0.467 e. The van der Waals surface area contributed by atoms with Crippen molar-refractivity contribution >= 4 is 11.9 Å². The van der Waals surface area contributed by atoms with Crippen LogP contribution in [0.3, 0.4) is 0 Å². The van der Waals surface area contributed by atoms with E-state index in [-0.39, 0.29) is 19.2 Å². The molecule has 0 saturated carbocycles. The molecule has 0 radical (unpaired) electrons. The second-order valence-electron chi connectivity index (χ2n) is 6.04. The first-order chi connectivity index (χ1) is 12.2. The Hall–Kier alpha value is -1.14. The molecule has 0 fully saturated rings. The molecule has 0 bridgehead atoms. The summed E-state index contributed by atoms with van der Waals surface area (Å²) in [7, 11) is 1.31.